The predicted octanol–water partition coefficient (Wildman–Crippen LogP) is 1.85. The van der Waals surface area contributed by atoms with E-state index in [4.69, 9.17) is 5.73 Å². The number of carbonyl (C=O) groups excluding carboxylic acids is 1. The molecule has 0 aliphatic carbocycles. The second-order valence-corrected chi connectivity index (χ2v) is 5.83. The van der Waals surface area contributed by atoms with Crippen LogP contribution in [0.1, 0.15) is 32.3 Å². The van der Waals surface area contributed by atoms with Gasteiger partial charge in [0.15, 0.2) is 0 Å². The first-order chi connectivity index (χ1) is 8.94. The number of rotatable bonds is 7. The van der Waals surface area contributed by atoms with Crippen molar-refractivity contribution in [2.24, 2.45) is 11.1 Å². The van der Waals surface area contributed by atoms with Gasteiger partial charge in [0.25, 0.3) is 0 Å². The molecule has 1 rings (SSSR count). The smallest absolute Gasteiger partial charge is 0.222 e. The van der Waals surface area contributed by atoms with E-state index in [1.807, 2.05) is 25.4 Å². The standard InChI is InChI=1S/C15H25N3O/c1-15(2,11-16)12-18(3)14(19)8-4-6-13-7-5-9-17-10-13/h5,7,9-10H,4,6,8,11-12,16H2,1-3H3. The molecule has 0 saturated heterocycles. The largest absolute Gasteiger partial charge is 0.345 e. The van der Waals surface area contributed by atoms with Crippen molar-refractivity contribution in [2.45, 2.75) is 33.1 Å². The van der Waals surface area contributed by atoms with Gasteiger partial charge in [-0.25, -0.2) is 0 Å². The van der Waals surface area contributed by atoms with Crippen molar-refractivity contribution in [3.05, 3.63) is 30.1 Å². The van der Waals surface area contributed by atoms with Crippen LogP contribution in [0.5, 0.6) is 0 Å². The number of nitrogens with zero attached hydrogens (tertiary/aromatic N) is 2. The molecule has 0 spiro atoms. The molecule has 0 aromatic carbocycles. The van der Waals surface area contributed by atoms with Gasteiger partial charge in [0.2, 0.25) is 5.91 Å². The normalized spacial score (nSPS) is 11.4. The highest BCUT2D eigenvalue weighted by molar-refractivity contribution is 5.75. The van der Waals surface area contributed by atoms with E-state index in [-0.39, 0.29) is 11.3 Å². The fourth-order valence-electron chi connectivity index (χ4n) is 1.98. The Morgan fingerprint density at radius 1 is 1.47 bits per heavy atom. The van der Waals surface area contributed by atoms with Gasteiger partial charge in [-0.2, -0.15) is 0 Å². The lowest BCUT2D eigenvalue weighted by Gasteiger charge is -2.29. The molecule has 0 unspecified atom stereocenters. The SMILES string of the molecule is CN(CC(C)(C)CN)C(=O)CCCc1cccnc1. The number of pyridine rings is 1. The topological polar surface area (TPSA) is 59.2 Å². The molecule has 1 heterocycles. The van der Waals surface area contributed by atoms with E-state index >= 15 is 0 Å². The number of nitrogens with two attached hydrogens (primary N) is 1. The van der Waals surface area contributed by atoms with Crippen LogP contribution in [0.2, 0.25) is 0 Å². The maximum Gasteiger partial charge on any atom is 0.222 e. The van der Waals surface area contributed by atoms with Gasteiger partial charge in [0, 0.05) is 32.4 Å². The summed E-state index contributed by atoms with van der Waals surface area (Å²) in [6, 6.07) is 3.96. The van der Waals surface area contributed by atoms with Gasteiger partial charge in [-0.1, -0.05) is 19.9 Å². The molecule has 2 N–H and O–H groups in total. The highest BCUT2D eigenvalue weighted by Gasteiger charge is 2.20. The molecule has 0 fully saturated rings. The van der Waals surface area contributed by atoms with Crippen LogP contribution in [-0.4, -0.2) is 35.9 Å². The molecule has 4 nitrogen and oxygen atoms in total. The summed E-state index contributed by atoms with van der Waals surface area (Å²) in [7, 11) is 1.85. The zero-order valence-corrected chi connectivity index (χ0v) is 12.2. The van der Waals surface area contributed by atoms with Crippen molar-refractivity contribution >= 4 is 5.91 Å². The van der Waals surface area contributed by atoms with Crippen LogP contribution in [0.25, 0.3) is 0 Å². The third-order valence-corrected chi connectivity index (χ3v) is 3.22. The van der Waals surface area contributed by atoms with Crippen molar-refractivity contribution in [1.82, 2.24) is 9.88 Å². The van der Waals surface area contributed by atoms with Gasteiger partial charge in [-0.3, -0.25) is 9.78 Å². The van der Waals surface area contributed by atoms with E-state index in [0.717, 1.165) is 12.8 Å². The van der Waals surface area contributed by atoms with E-state index in [0.29, 0.717) is 19.5 Å². The van der Waals surface area contributed by atoms with Crippen molar-refractivity contribution in [3.63, 3.8) is 0 Å². The van der Waals surface area contributed by atoms with Gasteiger partial charge in [-0.15, -0.1) is 0 Å². The summed E-state index contributed by atoms with van der Waals surface area (Å²) in [5.41, 5.74) is 6.85. The molecule has 4 heteroatoms. The third-order valence-electron chi connectivity index (χ3n) is 3.22. The Kier molecular flexibility index (Phi) is 5.96. The summed E-state index contributed by atoms with van der Waals surface area (Å²) in [5.74, 6) is 0.186. The maximum absolute atomic E-state index is 12.0. The van der Waals surface area contributed by atoms with Crippen LogP contribution in [-0.2, 0) is 11.2 Å². The van der Waals surface area contributed by atoms with Crippen molar-refractivity contribution in [3.8, 4) is 0 Å². The van der Waals surface area contributed by atoms with Crippen LogP contribution in [0.3, 0.4) is 0 Å². The van der Waals surface area contributed by atoms with Gasteiger partial charge in [0.05, 0.1) is 0 Å². The van der Waals surface area contributed by atoms with E-state index in [2.05, 4.69) is 18.8 Å². The van der Waals surface area contributed by atoms with Crippen LogP contribution in [0.15, 0.2) is 24.5 Å². The van der Waals surface area contributed by atoms with Crippen LogP contribution in [0.4, 0.5) is 0 Å². The summed E-state index contributed by atoms with van der Waals surface area (Å²) in [4.78, 5) is 17.9. The van der Waals surface area contributed by atoms with Crippen molar-refractivity contribution < 1.29 is 4.79 Å². The third kappa shape index (κ3) is 5.83. The first kappa shape index (κ1) is 15.6. The Morgan fingerprint density at radius 3 is 2.79 bits per heavy atom. The van der Waals surface area contributed by atoms with Crippen LogP contribution in [0, 0.1) is 5.41 Å². The minimum atomic E-state index is -0.0201. The molecular weight excluding hydrogens is 238 g/mol. The Balaban J connectivity index is 2.31. The average molecular weight is 263 g/mol. The summed E-state index contributed by atoms with van der Waals surface area (Å²) < 4.78 is 0. The summed E-state index contributed by atoms with van der Waals surface area (Å²) >= 11 is 0. The molecule has 1 amide bonds. The molecule has 19 heavy (non-hydrogen) atoms. The van der Waals surface area contributed by atoms with Gasteiger partial charge < -0.3 is 10.6 Å². The zero-order valence-electron chi connectivity index (χ0n) is 12.2. The minimum Gasteiger partial charge on any atom is -0.345 e. The molecule has 0 atom stereocenters. The number of hydrogen-bond donors (Lipinski definition) is 1. The molecule has 0 radical (unpaired) electrons. The van der Waals surface area contributed by atoms with Gasteiger partial charge >= 0.3 is 0 Å². The number of amides is 1. The summed E-state index contributed by atoms with van der Waals surface area (Å²) in [6.07, 6.45) is 5.95. The maximum atomic E-state index is 12.0. The number of hydrogen-bond acceptors (Lipinski definition) is 3. The zero-order chi connectivity index (χ0) is 14.3. The summed E-state index contributed by atoms with van der Waals surface area (Å²) in [5, 5.41) is 0. The van der Waals surface area contributed by atoms with Crippen LogP contribution < -0.4 is 5.73 Å². The highest BCUT2D eigenvalue weighted by atomic mass is 16.2. The highest BCUT2D eigenvalue weighted by Crippen LogP contribution is 2.15. The lowest BCUT2D eigenvalue weighted by molar-refractivity contribution is -0.131. The Labute approximate surface area is 116 Å². The molecular formula is C15H25N3O. The quantitative estimate of drug-likeness (QED) is 0.816. The second kappa shape index (κ2) is 7.24. The Morgan fingerprint density at radius 2 is 2.21 bits per heavy atom. The molecule has 0 aliphatic rings. The fraction of sp³-hybridized carbons (Fsp3) is 0.600. The molecule has 0 bridgehead atoms. The second-order valence-electron chi connectivity index (χ2n) is 5.83. The van der Waals surface area contributed by atoms with E-state index in [1.165, 1.54) is 5.56 Å². The first-order valence-corrected chi connectivity index (χ1v) is 6.77. The van der Waals surface area contributed by atoms with Gasteiger partial charge in [-0.05, 0) is 36.4 Å². The fourth-order valence-corrected chi connectivity index (χ4v) is 1.98. The average Bonchev–Trinajstić information content (AvgIpc) is 2.39. The minimum absolute atomic E-state index is 0.0201. The van der Waals surface area contributed by atoms with E-state index in [9.17, 15) is 4.79 Å². The number of aryl methyl sites for hydroxylation is 1. The molecule has 0 saturated carbocycles. The van der Waals surface area contributed by atoms with Crippen molar-refractivity contribution in [2.75, 3.05) is 20.1 Å². The molecule has 1 aromatic heterocycles. The predicted molar refractivity (Wildman–Crippen MR) is 77.6 cm³/mol. The van der Waals surface area contributed by atoms with Crippen LogP contribution >= 0.6 is 0 Å². The number of aromatic nitrogens is 1. The van der Waals surface area contributed by atoms with E-state index in [1.54, 1.807) is 11.1 Å². The number of carbonyl (C=O) groups is 1. The van der Waals surface area contributed by atoms with Gasteiger partial charge in [0.1, 0.15) is 0 Å². The van der Waals surface area contributed by atoms with E-state index < -0.39 is 0 Å². The first-order valence-electron chi connectivity index (χ1n) is 6.77. The molecule has 0 aliphatic heterocycles. The Bertz CT molecular complexity index is 390. The Hall–Kier alpha value is -1.42. The van der Waals surface area contributed by atoms with Crippen molar-refractivity contribution in [1.29, 1.82) is 0 Å². The lowest BCUT2D eigenvalue weighted by Crippen LogP contribution is -2.39. The molecule has 1 aromatic rings. The monoisotopic (exact) mass is 263 g/mol. The lowest BCUT2D eigenvalue weighted by atomic mass is 9.93. The summed E-state index contributed by atoms with van der Waals surface area (Å²) in [6.45, 7) is 5.44. The molecule has 106 valence electrons.